The van der Waals surface area contributed by atoms with Crippen molar-refractivity contribution in [3.8, 4) is 0 Å². The smallest absolute Gasteiger partial charge is 0.249 e. The molecule has 4 heteroatoms. The third-order valence-corrected chi connectivity index (χ3v) is 2.22. The molecule has 0 heterocycles. The van der Waals surface area contributed by atoms with Crippen molar-refractivity contribution in [1.82, 2.24) is 0 Å². The lowest BCUT2D eigenvalue weighted by Gasteiger charge is -2.08. The molecule has 17 heavy (non-hydrogen) atoms. The topological polar surface area (TPSA) is 0 Å². The highest BCUT2D eigenvalue weighted by atomic mass is 32.2. The van der Waals surface area contributed by atoms with Crippen LogP contribution in [-0.2, 0) is 6.42 Å². The normalized spacial score (nSPS) is 9.59. The first kappa shape index (κ1) is 18.7. The van der Waals surface area contributed by atoms with Gasteiger partial charge in [-0.05, 0) is 24.5 Å². The van der Waals surface area contributed by atoms with Crippen LogP contribution in [0.25, 0.3) is 0 Å². The Morgan fingerprint density at radius 1 is 1.12 bits per heavy atom. The summed E-state index contributed by atoms with van der Waals surface area (Å²) in [6.07, 6.45) is 1.92. The fraction of sp³-hybridized carbons (Fsp3) is 0.538. The van der Waals surface area contributed by atoms with Gasteiger partial charge in [0, 0.05) is 6.42 Å². The Bertz CT molecular complexity index is 243. The predicted octanol–water partition coefficient (Wildman–Crippen LogP) is 4.84. The molecule has 0 aliphatic heterocycles. The average Bonchev–Trinajstić information content (AvgIpc) is 2.31. The van der Waals surface area contributed by atoms with Crippen molar-refractivity contribution in [2.45, 2.75) is 26.2 Å². The van der Waals surface area contributed by atoms with Crippen LogP contribution < -0.4 is 0 Å². The molecule has 0 amide bonds. The lowest BCUT2D eigenvalue weighted by atomic mass is 10.1. The molecule has 0 atom stereocenters. The minimum Gasteiger partial charge on any atom is -0.255 e. The Hall–Kier alpha value is -0.640. The Morgan fingerprint density at radius 3 is 1.82 bits per heavy atom. The molecule has 0 fully saturated rings. The second-order valence-corrected chi connectivity index (χ2v) is 4.46. The lowest BCUT2D eigenvalue weighted by Crippen LogP contribution is -2.13. The van der Waals surface area contributed by atoms with Crippen LogP contribution in [0.4, 0.5) is 13.2 Å². The van der Waals surface area contributed by atoms with Crippen molar-refractivity contribution in [2.75, 3.05) is 19.2 Å². The first-order chi connectivity index (χ1) is 7.99. The van der Waals surface area contributed by atoms with Gasteiger partial charge in [-0.15, -0.1) is 0 Å². The Labute approximate surface area is 107 Å². The van der Waals surface area contributed by atoms with Crippen molar-refractivity contribution < 1.29 is 13.2 Å². The van der Waals surface area contributed by atoms with Crippen molar-refractivity contribution in [3.05, 3.63) is 35.9 Å². The Morgan fingerprint density at radius 2 is 1.53 bits per heavy atom. The second-order valence-electron chi connectivity index (χ2n) is 3.31. The maximum Gasteiger partial charge on any atom is 0.249 e. The third kappa shape index (κ3) is 15.4. The highest BCUT2D eigenvalue weighted by Gasteiger charge is 2.20. The quantitative estimate of drug-likeness (QED) is 0.754. The van der Waals surface area contributed by atoms with Gasteiger partial charge < -0.3 is 0 Å². The minimum absolute atomic E-state index is 0.173. The van der Waals surface area contributed by atoms with E-state index < -0.39 is 5.92 Å². The van der Waals surface area contributed by atoms with Gasteiger partial charge in [0.1, 0.15) is 0 Å². The van der Waals surface area contributed by atoms with Crippen molar-refractivity contribution in [1.29, 1.82) is 0 Å². The number of alkyl halides is 3. The summed E-state index contributed by atoms with van der Waals surface area (Å²) in [7, 11) is 0.500. The lowest BCUT2D eigenvalue weighted by molar-refractivity contribution is 0.0226. The monoisotopic (exact) mass is 266 g/mol. The molecule has 0 radical (unpaired) electrons. The van der Waals surface area contributed by atoms with Crippen LogP contribution >= 0.6 is 11.8 Å². The molecule has 1 aromatic carbocycles. The first-order valence-electron chi connectivity index (χ1n) is 5.28. The molecule has 1 aromatic rings. The van der Waals surface area contributed by atoms with Gasteiger partial charge in [-0.25, -0.2) is 8.78 Å². The Kier molecular flexibility index (Phi) is 13.0. The molecule has 100 valence electrons. The zero-order valence-corrected chi connectivity index (χ0v) is 11.7. The summed E-state index contributed by atoms with van der Waals surface area (Å²) in [4.78, 5) is 0. The fourth-order valence-electron chi connectivity index (χ4n) is 0.954. The van der Waals surface area contributed by atoms with Crippen molar-refractivity contribution in [3.63, 3.8) is 0 Å². The third-order valence-electron chi connectivity index (χ3n) is 1.65. The van der Waals surface area contributed by atoms with Crippen LogP contribution in [0.1, 0.15) is 19.4 Å². The van der Waals surface area contributed by atoms with E-state index in [1.54, 1.807) is 24.3 Å². The highest BCUT2D eigenvalue weighted by Crippen LogP contribution is 2.18. The van der Waals surface area contributed by atoms with E-state index >= 15 is 0 Å². The van der Waals surface area contributed by atoms with Gasteiger partial charge in [-0.3, -0.25) is 4.39 Å². The summed E-state index contributed by atoms with van der Waals surface area (Å²) in [6, 6.07) is 8.76. The van der Waals surface area contributed by atoms with Gasteiger partial charge >= 0.3 is 0 Å². The number of halogens is 3. The molecular weight excluding hydrogens is 245 g/mol. The first-order valence-corrected chi connectivity index (χ1v) is 6.67. The molecule has 0 nitrogen and oxygen atoms in total. The molecule has 0 aliphatic carbocycles. The highest BCUT2D eigenvalue weighted by molar-refractivity contribution is 7.98. The number of benzene rings is 1. The predicted molar refractivity (Wildman–Crippen MR) is 71.9 cm³/mol. The summed E-state index contributed by atoms with van der Waals surface area (Å²) in [5, 5.41) is 0. The van der Waals surface area contributed by atoms with E-state index in [4.69, 9.17) is 0 Å². The number of hydrogen-bond acceptors (Lipinski definition) is 1. The minimum atomic E-state index is -2.60. The zero-order chi connectivity index (χ0) is 13.7. The zero-order valence-electron chi connectivity index (χ0n) is 10.8. The summed E-state index contributed by atoms with van der Waals surface area (Å²) in [5.74, 6) is -1.36. The molecule has 0 aromatic heterocycles. The molecule has 0 N–H and O–H groups in total. The average molecular weight is 266 g/mol. The summed E-state index contributed by atoms with van der Waals surface area (Å²) in [6.45, 7) is 3.07. The molecular formula is C13H21F3S. The van der Waals surface area contributed by atoms with E-state index in [-0.39, 0.29) is 6.42 Å². The standard InChI is InChI=1S/C9H10F2.C3H8S.CH3F/c1-9(10,11)7-8-5-3-2-4-6-8;1-3-4-2;1-2/h2-6H,7H2,1H3;3H2,1-2H3;1H3. The van der Waals surface area contributed by atoms with E-state index in [2.05, 4.69) is 13.2 Å². The summed E-state index contributed by atoms with van der Waals surface area (Å²) < 4.78 is 34.3. The van der Waals surface area contributed by atoms with Gasteiger partial charge in [0.2, 0.25) is 5.92 Å². The van der Waals surface area contributed by atoms with E-state index in [9.17, 15) is 13.2 Å². The van der Waals surface area contributed by atoms with E-state index in [0.717, 1.165) is 6.92 Å². The van der Waals surface area contributed by atoms with Crippen LogP contribution in [0.2, 0.25) is 0 Å². The van der Waals surface area contributed by atoms with E-state index in [0.29, 0.717) is 12.7 Å². The van der Waals surface area contributed by atoms with Crippen LogP contribution in [0.15, 0.2) is 30.3 Å². The van der Waals surface area contributed by atoms with Crippen LogP contribution in [0.3, 0.4) is 0 Å². The second kappa shape index (κ2) is 11.8. The molecule has 0 unspecified atom stereocenters. The van der Waals surface area contributed by atoms with Crippen LogP contribution in [0.5, 0.6) is 0 Å². The molecule has 0 aliphatic rings. The molecule has 1 rings (SSSR count). The van der Waals surface area contributed by atoms with Gasteiger partial charge in [0.25, 0.3) is 0 Å². The largest absolute Gasteiger partial charge is 0.255 e. The number of rotatable bonds is 3. The van der Waals surface area contributed by atoms with Gasteiger partial charge in [-0.2, -0.15) is 11.8 Å². The Balaban J connectivity index is 0. The van der Waals surface area contributed by atoms with Crippen molar-refractivity contribution in [2.24, 2.45) is 0 Å². The molecule has 0 bridgehead atoms. The summed E-state index contributed by atoms with van der Waals surface area (Å²) >= 11 is 1.86. The SMILES string of the molecule is CC(F)(F)Cc1ccccc1.CCSC.CF. The van der Waals surface area contributed by atoms with Crippen molar-refractivity contribution >= 4 is 11.8 Å². The summed E-state index contributed by atoms with van der Waals surface area (Å²) in [5.41, 5.74) is 0.681. The van der Waals surface area contributed by atoms with Crippen LogP contribution in [-0.4, -0.2) is 25.1 Å². The maximum atomic E-state index is 12.4. The van der Waals surface area contributed by atoms with Gasteiger partial charge in [0.15, 0.2) is 0 Å². The van der Waals surface area contributed by atoms with Gasteiger partial charge in [0.05, 0.1) is 7.18 Å². The number of hydrogen-bond donors (Lipinski definition) is 0. The molecule has 0 saturated carbocycles. The molecule has 0 spiro atoms. The van der Waals surface area contributed by atoms with Gasteiger partial charge in [-0.1, -0.05) is 37.3 Å². The van der Waals surface area contributed by atoms with E-state index in [1.165, 1.54) is 5.75 Å². The number of thioether (sulfide) groups is 1. The maximum absolute atomic E-state index is 12.4. The fourth-order valence-corrected chi connectivity index (χ4v) is 0.954. The molecule has 0 saturated heterocycles. The van der Waals surface area contributed by atoms with E-state index in [1.807, 2.05) is 17.8 Å². The van der Waals surface area contributed by atoms with Crippen LogP contribution in [0, 0.1) is 0 Å².